The van der Waals surface area contributed by atoms with Crippen molar-refractivity contribution in [2.24, 2.45) is 5.92 Å². The molecule has 0 amide bonds. The number of likely N-dealkylation sites (tertiary alicyclic amines) is 1. The molecule has 2 aliphatic rings. The van der Waals surface area contributed by atoms with Gasteiger partial charge in [0.2, 0.25) is 0 Å². The summed E-state index contributed by atoms with van der Waals surface area (Å²) >= 11 is 0. The van der Waals surface area contributed by atoms with Gasteiger partial charge in [-0.3, -0.25) is 9.69 Å². The van der Waals surface area contributed by atoms with E-state index in [9.17, 15) is 4.79 Å². The quantitative estimate of drug-likeness (QED) is 0.657. The van der Waals surface area contributed by atoms with Gasteiger partial charge in [0.25, 0.3) is 0 Å². The van der Waals surface area contributed by atoms with Crippen LogP contribution in [0.15, 0.2) is 0 Å². The summed E-state index contributed by atoms with van der Waals surface area (Å²) in [5.41, 5.74) is 0.148. The summed E-state index contributed by atoms with van der Waals surface area (Å²) in [6, 6.07) is 0. The van der Waals surface area contributed by atoms with E-state index >= 15 is 0 Å². The van der Waals surface area contributed by atoms with E-state index in [1.165, 1.54) is 0 Å². The maximum atomic E-state index is 11.5. The molecule has 0 N–H and O–H groups in total. The first-order chi connectivity index (χ1) is 7.04. The van der Waals surface area contributed by atoms with E-state index in [1.54, 1.807) is 0 Å². The highest BCUT2D eigenvalue weighted by molar-refractivity contribution is 5.81. The van der Waals surface area contributed by atoms with E-state index in [-0.39, 0.29) is 17.6 Å². The molecule has 86 valence electrons. The number of nitrogens with zero attached hydrogens (tertiary/aromatic N) is 1. The molecular formula is C12H21NO2. The Morgan fingerprint density at radius 2 is 2.20 bits per heavy atom. The van der Waals surface area contributed by atoms with E-state index in [1.807, 2.05) is 6.92 Å². The molecule has 15 heavy (non-hydrogen) atoms. The van der Waals surface area contributed by atoms with E-state index in [0.29, 0.717) is 12.2 Å². The molecule has 0 saturated carbocycles. The minimum atomic E-state index is 0.148. The predicted molar refractivity (Wildman–Crippen MR) is 58.8 cm³/mol. The van der Waals surface area contributed by atoms with Gasteiger partial charge in [-0.2, -0.15) is 0 Å². The third-order valence-electron chi connectivity index (χ3n) is 4.25. The highest BCUT2D eigenvalue weighted by atomic mass is 16.5. The van der Waals surface area contributed by atoms with Gasteiger partial charge in [-0.1, -0.05) is 6.92 Å². The molecule has 0 aromatic carbocycles. The maximum absolute atomic E-state index is 11.5. The molecule has 0 bridgehead atoms. The van der Waals surface area contributed by atoms with E-state index in [2.05, 4.69) is 18.7 Å². The van der Waals surface area contributed by atoms with E-state index < -0.39 is 0 Å². The lowest BCUT2D eigenvalue weighted by Crippen LogP contribution is -2.55. The number of ketones is 1. The van der Waals surface area contributed by atoms with Gasteiger partial charge in [-0.15, -0.1) is 0 Å². The van der Waals surface area contributed by atoms with Crippen molar-refractivity contribution >= 4 is 5.78 Å². The zero-order valence-corrected chi connectivity index (χ0v) is 9.95. The number of Topliss-reactive ketones (excluding diaryl/α,β-unsaturated/α-hetero) is 1. The number of hydrogen-bond donors (Lipinski definition) is 0. The smallest absolute Gasteiger partial charge is 0.138 e. The minimum absolute atomic E-state index is 0.148. The molecule has 0 aromatic rings. The van der Waals surface area contributed by atoms with Crippen molar-refractivity contribution < 1.29 is 9.53 Å². The Morgan fingerprint density at radius 1 is 1.47 bits per heavy atom. The molecule has 3 nitrogen and oxygen atoms in total. The van der Waals surface area contributed by atoms with Gasteiger partial charge in [0.05, 0.1) is 6.10 Å². The van der Waals surface area contributed by atoms with Crippen LogP contribution >= 0.6 is 0 Å². The van der Waals surface area contributed by atoms with Crippen LogP contribution in [0, 0.1) is 5.92 Å². The first-order valence-corrected chi connectivity index (χ1v) is 5.93. The van der Waals surface area contributed by atoms with Crippen LogP contribution in [0.2, 0.25) is 0 Å². The molecule has 0 spiro atoms. The van der Waals surface area contributed by atoms with Gasteiger partial charge < -0.3 is 4.74 Å². The largest absolute Gasteiger partial charge is 0.377 e. The summed E-state index contributed by atoms with van der Waals surface area (Å²) in [5.74, 6) is 0.616. The fourth-order valence-electron chi connectivity index (χ4n) is 2.72. The lowest BCUT2D eigenvalue weighted by atomic mass is 9.87. The number of carbonyl (C=O) groups excluding carboxylic acids is 1. The van der Waals surface area contributed by atoms with Crippen molar-refractivity contribution in [3.05, 3.63) is 0 Å². The van der Waals surface area contributed by atoms with Crippen molar-refractivity contribution in [1.29, 1.82) is 0 Å². The summed E-state index contributed by atoms with van der Waals surface area (Å²) in [6.07, 6.45) is 2.09. The Kier molecular flexibility index (Phi) is 2.86. The van der Waals surface area contributed by atoms with Crippen molar-refractivity contribution in [3.63, 3.8) is 0 Å². The van der Waals surface area contributed by atoms with Crippen LogP contribution in [0.4, 0.5) is 0 Å². The average molecular weight is 211 g/mol. The third kappa shape index (κ3) is 1.83. The summed E-state index contributed by atoms with van der Waals surface area (Å²) in [5, 5.41) is 0. The summed E-state index contributed by atoms with van der Waals surface area (Å²) in [6.45, 7) is 9.13. The molecule has 2 heterocycles. The normalized spacial score (nSPS) is 43.5. The second kappa shape index (κ2) is 3.87. The third-order valence-corrected chi connectivity index (χ3v) is 4.25. The first-order valence-electron chi connectivity index (χ1n) is 5.93. The topological polar surface area (TPSA) is 29.5 Å². The monoisotopic (exact) mass is 211 g/mol. The van der Waals surface area contributed by atoms with E-state index in [4.69, 9.17) is 4.74 Å². The Labute approximate surface area is 91.8 Å². The SMILES string of the molecule is CC1CN(C2(C)CCOC2C)CCC1=O. The number of hydrogen-bond acceptors (Lipinski definition) is 3. The van der Waals surface area contributed by atoms with Crippen molar-refractivity contribution in [2.45, 2.75) is 45.3 Å². The zero-order chi connectivity index (χ0) is 11.1. The lowest BCUT2D eigenvalue weighted by Gasteiger charge is -2.44. The van der Waals surface area contributed by atoms with Crippen LogP contribution in [0.25, 0.3) is 0 Å². The van der Waals surface area contributed by atoms with Crippen molar-refractivity contribution in [1.82, 2.24) is 4.90 Å². The van der Waals surface area contributed by atoms with Gasteiger partial charge in [0, 0.05) is 37.6 Å². The number of carbonyl (C=O) groups is 1. The Bertz CT molecular complexity index is 266. The highest BCUT2D eigenvalue weighted by Crippen LogP contribution is 2.34. The standard InChI is InChI=1S/C12H21NO2/c1-9-8-13(6-4-11(9)14)12(3)5-7-15-10(12)2/h9-10H,4-8H2,1-3H3. The Balaban J connectivity index is 2.08. The van der Waals surface area contributed by atoms with Crippen LogP contribution in [0.5, 0.6) is 0 Å². The van der Waals surface area contributed by atoms with Crippen molar-refractivity contribution in [2.75, 3.05) is 19.7 Å². The van der Waals surface area contributed by atoms with Gasteiger partial charge in [0.15, 0.2) is 0 Å². The molecule has 0 aliphatic carbocycles. The Hall–Kier alpha value is -0.410. The fourth-order valence-corrected chi connectivity index (χ4v) is 2.72. The average Bonchev–Trinajstić information content (AvgIpc) is 2.53. The molecule has 3 atom stereocenters. The first kappa shape index (κ1) is 11.1. The zero-order valence-electron chi connectivity index (χ0n) is 9.95. The Morgan fingerprint density at radius 3 is 2.73 bits per heavy atom. The lowest BCUT2D eigenvalue weighted by molar-refractivity contribution is -0.128. The summed E-state index contributed by atoms with van der Waals surface area (Å²) in [7, 11) is 0. The molecule has 3 heteroatoms. The molecule has 3 unspecified atom stereocenters. The van der Waals surface area contributed by atoms with Crippen LogP contribution in [0.1, 0.15) is 33.6 Å². The fraction of sp³-hybridized carbons (Fsp3) is 0.917. The molecule has 2 aliphatic heterocycles. The van der Waals surface area contributed by atoms with Crippen LogP contribution in [-0.4, -0.2) is 42.0 Å². The van der Waals surface area contributed by atoms with Crippen LogP contribution < -0.4 is 0 Å². The van der Waals surface area contributed by atoms with Crippen LogP contribution in [0.3, 0.4) is 0 Å². The van der Waals surface area contributed by atoms with Crippen LogP contribution in [-0.2, 0) is 9.53 Å². The highest BCUT2D eigenvalue weighted by Gasteiger charge is 2.44. The molecule has 2 saturated heterocycles. The number of piperidine rings is 1. The number of rotatable bonds is 1. The summed E-state index contributed by atoms with van der Waals surface area (Å²) < 4.78 is 5.66. The molecule has 0 aromatic heterocycles. The van der Waals surface area contributed by atoms with Gasteiger partial charge in [0.1, 0.15) is 5.78 Å². The molecule has 0 radical (unpaired) electrons. The van der Waals surface area contributed by atoms with Gasteiger partial charge in [-0.25, -0.2) is 0 Å². The van der Waals surface area contributed by atoms with Crippen molar-refractivity contribution in [3.8, 4) is 0 Å². The summed E-state index contributed by atoms with van der Waals surface area (Å²) in [4.78, 5) is 13.9. The second-order valence-electron chi connectivity index (χ2n) is 5.18. The van der Waals surface area contributed by atoms with Gasteiger partial charge in [-0.05, 0) is 20.3 Å². The molecule has 2 fully saturated rings. The molecular weight excluding hydrogens is 190 g/mol. The second-order valence-corrected chi connectivity index (χ2v) is 5.18. The van der Waals surface area contributed by atoms with Gasteiger partial charge >= 0.3 is 0 Å². The maximum Gasteiger partial charge on any atom is 0.138 e. The predicted octanol–water partition coefficient (Wildman–Crippen LogP) is 1.46. The minimum Gasteiger partial charge on any atom is -0.377 e. The molecule has 2 rings (SSSR count). The number of ether oxygens (including phenoxy) is 1. The van der Waals surface area contributed by atoms with E-state index in [0.717, 1.165) is 26.1 Å².